The summed E-state index contributed by atoms with van der Waals surface area (Å²) in [5, 5.41) is 3.01. The summed E-state index contributed by atoms with van der Waals surface area (Å²) in [6.07, 6.45) is 0. The maximum absolute atomic E-state index is 13.8. The predicted molar refractivity (Wildman–Crippen MR) is 126 cm³/mol. The molecule has 4 rings (SSSR count). The molecule has 0 aliphatic carbocycles. The molecule has 1 atom stereocenters. The van der Waals surface area contributed by atoms with Gasteiger partial charge < -0.3 is 14.8 Å². The average molecular weight is 485 g/mol. The highest BCUT2D eigenvalue weighted by Gasteiger charge is 2.23. The number of rotatable bonds is 7. The van der Waals surface area contributed by atoms with Crippen LogP contribution in [-0.4, -0.2) is 27.5 Å². The summed E-state index contributed by atoms with van der Waals surface area (Å²) in [5.74, 6) is 0.363. The second kappa shape index (κ2) is 9.72. The highest BCUT2D eigenvalue weighted by Crippen LogP contribution is 2.34. The van der Waals surface area contributed by atoms with Crippen LogP contribution in [0.4, 0.5) is 10.1 Å². The lowest BCUT2D eigenvalue weighted by Gasteiger charge is -2.25. The second-order valence-corrected chi connectivity index (χ2v) is 9.89. The Hall–Kier alpha value is -3.59. The summed E-state index contributed by atoms with van der Waals surface area (Å²) in [6.45, 7) is 4.95. The van der Waals surface area contributed by atoms with E-state index in [-0.39, 0.29) is 28.4 Å². The van der Waals surface area contributed by atoms with Crippen molar-refractivity contribution in [2.75, 3.05) is 17.9 Å². The first-order chi connectivity index (χ1) is 16.2. The average Bonchev–Trinajstić information content (AvgIpc) is 2.83. The van der Waals surface area contributed by atoms with E-state index in [1.54, 1.807) is 0 Å². The molecule has 1 heterocycles. The third kappa shape index (κ3) is 5.14. The fourth-order valence-corrected chi connectivity index (χ4v) is 4.71. The highest BCUT2D eigenvalue weighted by molar-refractivity contribution is 7.92. The number of anilines is 1. The minimum atomic E-state index is -4.01. The summed E-state index contributed by atoms with van der Waals surface area (Å²) in [4.78, 5) is 12.9. The molecule has 7 nitrogen and oxygen atoms in total. The third-order valence-electron chi connectivity index (χ3n) is 5.42. The molecule has 1 amide bonds. The van der Waals surface area contributed by atoms with Crippen LogP contribution in [0.25, 0.3) is 0 Å². The number of amides is 1. The van der Waals surface area contributed by atoms with Crippen LogP contribution in [0.2, 0.25) is 0 Å². The molecule has 34 heavy (non-hydrogen) atoms. The van der Waals surface area contributed by atoms with Gasteiger partial charge in [-0.3, -0.25) is 9.52 Å². The Morgan fingerprint density at radius 2 is 1.62 bits per heavy atom. The van der Waals surface area contributed by atoms with Gasteiger partial charge in [0.1, 0.15) is 19.0 Å². The van der Waals surface area contributed by atoms with E-state index < -0.39 is 15.8 Å². The highest BCUT2D eigenvalue weighted by atomic mass is 32.2. The largest absolute Gasteiger partial charge is 0.486 e. The summed E-state index contributed by atoms with van der Waals surface area (Å²) >= 11 is 0. The van der Waals surface area contributed by atoms with E-state index in [2.05, 4.69) is 10.0 Å². The third-order valence-corrected chi connectivity index (χ3v) is 6.81. The number of carbonyl (C=O) groups excluding carboxylic acids is 1. The Kier molecular flexibility index (Phi) is 6.74. The Labute approximate surface area is 198 Å². The predicted octanol–water partition coefficient (Wildman–Crippen LogP) is 4.52. The number of para-hydroxylation sites is 1. The monoisotopic (exact) mass is 484 g/mol. The maximum Gasteiger partial charge on any atom is 0.261 e. The summed E-state index contributed by atoms with van der Waals surface area (Å²) < 4.78 is 52.5. The van der Waals surface area contributed by atoms with E-state index in [9.17, 15) is 17.6 Å². The molecule has 1 aliphatic rings. The van der Waals surface area contributed by atoms with Crippen molar-refractivity contribution in [2.45, 2.75) is 24.8 Å². The van der Waals surface area contributed by atoms with Crippen molar-refractivity contribution in [2.24, 2.45) is 5.92 Å². The summed E-state index contributed by atoms with van der Waals surface area (Å²) in [5.41, 5.74) is 1.03. The first-order valence-electron chi connectivity index (χ1n) is 10.8. The molecule has 9 heteroatoms. The van der Waals surface area contributed by atoms with Gasteiger partial charge >= 0.3 is 0 Å². The van der Waals surface area contributed by atoms with Crippen molar-refractivity contribution >= 4 is 21.6 Å². The van der Waals surface area contributed by atoms with Gasteiger partial charge in [0.2, 0.25) is 0 Å². The molecule has 0 fully saturated rings. The van der Waals surface area contributed by atoms with E-state index >= 15 is 0 Å². The SMILES string of the molecule is CC(C)C(NC(=O)c1ccc(S(=O)(=O)Nc2ccccc2F)cc1)c1ccc2c(c1)OCCO2. The molecule has 0 spiro atoms. The Balaban J connectivity index is 1.50. The molecule has 0 aromatic heterocycles. The number of carbonyl (C=O) groups is 1. The Morgan fingerprint density at radius 1 is 0.941 bits per heavy atom. The molecular formula is C25H25FN2O5S. The van der Waals surface area contributed by atoms with Gasteiger partial charge in [0.05, 0.1) is 16.6 Å². The van der Waals surface area contributed by atoms with Crippen molar-refractivity contribution in [1.82, 2.24) is 5.32 Å². The quantitative estimate of drug-likeness (QED) is 0.514. The van der Waals surface area contributed by atoms with Crippen LogP contribution < -0.4 is 19.5 Å². The lowest BCUT2D eigenvalue weighted by Crippen LogP contribution is -2.32. The molecule has 0 saturated heterocycles. The molecule has 3 aromatic carbocycles. The van der Waals surface area contributed by atoms with Crippen molar-refractivity contribution in [3.8, 4) is 11.5 Å². The molecular weight excluding hydrogens is 459 g/mol. The normalized spacial score (nSPS) is 13.9. The number of halogens is 1. The zero-order valence-electron chi connectivity index (χ0n) is 18.7. The molecule has 0 radical (unpaired) electrons. The molecule has 0 bridgehead atoms. The molecule has 1 aliphatic heterocycles. The van der Waals surface area contributed by atoms with Crippen LogP contribution >= 0.6 is 0 Å². The van der Waals surface area contributed by atoms with Crippen LogP contribution in [0.1, 0.15) is 35.8 Å². The first-order valence-corrected chi connectivity index (χ1v) is 12.3. The van der Waals surface area contributed by atoms with Gasteiger partial charge in [-0.1, -0.05) is 32.0 Å². The molecule has 178 valence electrons. The van der Waals surface area contributed by atoms with Gasteiger partial charge in [-0.25, -0.2) is 12.8 Å². The smallest absolute Gasteiger partial charge is 0.261 e. The van der Waals surface area contributed by atoms with Gasteiger partial charge in [0, 0.05) is 5.56 Å². The number of nitrogens with one attached hydrogen (secondary N) is 2. The fraction of sp³-hybridized carbons (Fsp3) is 0.240. The lowest BCUT2D eigenvalue weighted by molar-refractivity contribution is 0.0925. The summed E-state index contributed by atoms with van der Waals surface area (Å²) in [6, 6.07) is 16.3. The van der Waals surface area contributed by atoms with E-state index in [0.29, 0.717) is 30.3 Å². The number of fused-ring (bicyclic) bond motifs is 1. The molecule has 2 N–H and O–H groups in total. The number of hydrogen-bond donors (Lipinski definition) is 2. The maximum atomic E-state index is 13.8. The zero-order valence-corrected chi connectivity index (χ0v) is 19.6. The standard InChI is InChI=1S/C25H25FN2O5S/c1-16(2)24(18-9-12-22-23(15-18)33-14-13-32-22)27-25(29)17-7-10-19(11-8-17)34(30,31)28-21-6-4-3-5-20(21)26/h3-12,15-16,24,28H,13-14H2,1-2H3,(H,27,29). The molecule has 1 unspecified atom stereocenters. The van der Waals surface area contributed by atoms with Crippen LogP contribution in [0.3, 0.4) is 0 Å². The lowest BCUT2D eigenvalue weighted by atomic mass is 9.95. The first kappa shape index (κ1) is 23.6. The van der Waals surface area contributed by atoms with Crippen LogP contribution in [-0.2, 0) is 10.0 Å². The zero-order chi connectivity index (χ0) is 24.3. The van der Waals surface area contributed by atoms with E-state index in [1.165, 1.54) is 42.5 Å². The van der Waals surface area contributed by atoms with E-state index in [0.717, 1.165) is 11.6 Å². The number of hydrogen-bond acceptors (Lipinski definition) is 5. The minimum absolute atomic E-state index is 0.0797. The van der Waals surface area contributed by atoms with Crippen molar-refractivity contribution in [1.29, 1.82) is 0 Å². The Bertz CT molecular complexity index is 1290. The molecule has 3 aromatic rings. The van der Waals surface area contributed by atoms with E-state index in [4.69, 9.17) is 9.47 Å². The van der Waals surface area contributed by atoms with Gasteiger partial charge in [-0.05, 0) is 60.0 Å². The van der Waals surface area contributed by atoms with Crippen LogP contribution in [0.5, 0.6) is 11.5 Å². The van der Waals surface area contributed by atoms with Crippen LogP contribution in [0, 0.1) is 11.7 Å². The molecule has 0 saturated carbocycles. The summed E-state index contributed by atoms with van der Waals surface area (Å²) in [7, 11) is -4.01. The second-order valence-electron chi connectivity index (χ2n) is 8.21. The van der Waals surface area contributed by atoms with Crippen molar-refractivity contribution in [3.05, 3.63) is 83.7 Å². The van der Waals surface area contributed by atoms with Crippen LogP contribution in [0.15, 0.2) is 71.6 Å². The van der Waals surface area contributed by atoms with Gasteiger partial charge in [-0.2, -0.15) is 0 Å². The Morgan fingerprint density at radius 3 is 2.29 bits per heavy atom. The van der Waals surface area contributed by atoms with Crippen molar-refractivity contribution in [3.63, 3.8) is 0 Å². The fourth-order valence-electron chi connectivity index (χ4n) is 3.65. The number of ether oxygens (including phenoxy) is 2. The van der Waals surface area contributed by atoms with Gasteiger partial charge in [0.15, 0.2) is 11.5 Å². The number of benzene rings is 3. The van der Waals surface area contributed by atoms with Gasteiger partial charge in [0.25, 0.3) is 15.9 Å². The topological polar surface area (TPSA) is 93.7 Å². The van der Waals surface area contributed by atoms with Gasteiger partial charge in [-0.15, -0.1) is 0 Å². The van der Waals surface area contributed by atoms with Crippen molar-refractivity contribution < 1.29 is 27.1 Å². The van der Waals surface area contributed by atoms with E-state index in [1.807, 2.05) is 32.0 Å². The number of sulfonamides is 1. The minimum Gasteiger partial charge on any atom is -0.486 e.